The summed E-state index contributed by atoms with van der Waals surface area (Å²) in [5.74, 6) is 0.189. The molecule has 27 heavy (non-hydrogen) atoms. The van der Waals surface area contributed by atoms with Gasteiger partial charge in [-0.3, -0.25) is 9.59 Å². The Morgan fingerprint density at radius 2 is 2.07 bits per heavy atom. The van der Waals surface area contributed by atoms with Crippen molar-refractivity contribution in [2.24, 2.45) is 5.92 Å². The van der Waals surface area contributed by atoms with Crippen LogP contribution >= 0.6 is 0 Å². The maximum absolute atomic E-state index is 12.6. The van der Waals surface area contributed by atoms with Crippen LogP contribution in [0.2, 0.25) is 0 Å². The maximum Gasteiger partial charge on any atom is 0.269 e. The molecule has 0 N–H and O–H groups in total. The molecule has 2 heterocycles. The van der Waals surface area contributed by atoms with E-state index in [2.05, 4.69) is 16.9 Å². The maximum atomic E-state index is 12.6. The fourth-order valence-corrected chi connectivity index (χ4v) is 3.64. The predicted octanol–water partition coefficient (Wildman–Crippen LogP) is 2.38. The third-order valence-corrected chi connectivity index (χ3v) is 5.10. The Kier molecular flexibility index (Phi) is 6.27. The first kappa shape index (κ1) is 19.1. The second-order valence-electron chi connectivity index (χ2n) is 7.24. The van der Waals surface area contributed by atoms with E-state index in [1.165, 1.54) is 4.68 Å². The summed E-state index contributed by atoms with van der Waals surface area (Å²) >= 11 is 0. The molecule has 6 heteroatoms. The highest BCUT2D eigenvalue weighted by Crippen LogP contribution is 2.23. The highest BCUT2D eigenvalue weighted by molar-refractivity contribution is 5.79. The molecule has 1 saturated heterocycles. The first-order valence-electron chi connectivity index (χ1n) is 9.69. The SMILES string of the molecule is CCCN(C)C(=O)[C@@H]1CCCN(c2cnn(Cc3ccccc3)c(=O)c2)C1. The third kappa shape index (κ3) is 4.76. The van der Waals surface area contributed by atoms with Crippen molar-refractivity contribution in [3.63, 3.8) is 0 Å². The molecule has 3 rings (SSSR count). The Morgan fingerprint density at radius 1 is 1.30 bits per heavy atom. The van der Waals surface area contributed by atoms with Crippen LogP contribution in [0.4, 0.5) is 5.69 Å². The van der Waals surface area contributed by atoms with Crippen LogP contribution in [-0.2, 0) is 11.3 Å². The van der Waals surface area contributed by atoms with Gasteiger partial charge in [-0.15, -0.1) is 0 Å². The van der Waals surface area contributed by atoms with Gasteiger partial charge in [0.25, 0.3) is 5.56 Å². The van der Waals surface area contributed by atoms with Crippen LogP contribution in [0, 0.1) is 5.92 Å². The topological polar surface area (TPSA) is 58.4 Å². The van der Waals surface area contributed by atoms with Gasteiger partial charge in [0, 0.05) is 32.7 Å². The van der Waals surface area contributed by atoms with E-state index in [1.54, 1.807) is 12.3 Å². The minimum absolute atomic E-state index is 0.0120. The summed E-state index contributed by atoms with van der Waals surface area (Å²) in [5, 5.41) is 4.35. The molecule has 0 saturated carbocycles. The van der Waals surface area contributed by atoms with Crippen LogP contribution in [0.3, 0.4) is 0 Å². The summed E-state index contributed by atoms with van der Waals surface area (Å²) in [6.07, 6.45) is 4.56. The van der Waals surface area contributed by atoms with E-state index >= 15 is 0 Å². The Labute approximate surface area is 160 Å². The second-order valence-corrected chi connectivity index (χ2v) is 7.24. The lowest BCUT2D eigenvalue weighted by Gasteiger charge is -2.35. The molecule has 1 atom stereocenters. The molecular formula is C21H28N4O2. The van der Waals surface area contributed by atoms with Gasteiger partial charge in [0.1, 0.15) is 0 Å². The molecule has 1 amide bonds. The Bertz CT molecular complexity index is 818. The summed E-state index contributed by atoms with van der Waals surface area (Å²) in [5.41, 5.74) is 1.73. The molecule has 1 aromatic carbocycles. The van der Waals surface area contributed by atoms with E-state index in [0.717, 1.165) is 43.6 Å². The van der Waals surface area contributed by atoms with Gasteiger partial charge in [0.15, 0.2) is 0 Å². The first-order valence-corrected chi connectivity index (χ1v) is 9.69. The van der Waals surface area contributed by atoms with Gasteiger partial charge in [-0.25, -0.2) is 4.68 Å². The normalized spacial score (nSPS) is 17.0. The Hall–Kier alpha value is -2.63. The zero-order valence-corrected chi connectivity index (χ0v) is 16.2. The Morgan fingerprint density at radius 3 is 2.78 bits per heavy atom. The number of amides is 1. The molecule has 0 spiro atoms. The number of piperidine rings is 1. The lowest BCUT2D eigenvalue weighted by molar-refractivity contribution is -0.134. The number of carbonyl (C=O) groups is 1. The molecule has 1 aromatic heterocycles. The fourth-order valence-electron chi connectivity index (χ4n) is 3.64. The lowest BCUT2D eigenvalue weighted by atomic mass is 9.96. The second kappa shape index (κ2) is 8.84. The van der Waals surface area contributed by atoms with Crippen LogP contribution in [0.5, 0.6) is 0 Å². The number of anilines is 1. The van der Waals surface area contributed by atoms with E-state index in [1.807, 2.05) is 42.3 Å². The van der Waals surface area contributed by atoms with Gasteiger partial charge in [0.2, 0.25) is 5.91 Å². The summed E-state index contributed by atoms with van der Waals surface area (Å²) in [6.45, 7) is 4.82. The zero-order valence-electron chi connectivity index (χ0n) is 16.2. The van der Waals surface area contributed by atoms with Gasteiger partial charge >= 0.3 is 0 Å². The van der Waals surface area contributed by atoms with E-state index in [4.69, 9.17) is 0 Å². The van der Waals surface area contributed by atoms with Crippen LogP contribution in [0.15, 0.2) is 47.4 Å². The minimum atomic E-state index is -0.118. The van der Waals surface area contributed by atoms with Crippen LogP contribution in [0.25, 0.3) is 0 Å². The van der Waals surface area contributed by atoms with E-state index in [-0.39, 0.29) is 17.4 Å². The van der Waals surface area contributed by atoms with Gasteiger partial charge in [0.05, 0.1) is 24.3 Å². The molecule has 1 fully saturated rings. The standard InChI is InChI=1S/C21H28N4O2/c1-3-11-23(2)21(27)18-10-7-12-24(16-18)19-13-20(26)25(22-14-19)15-17-8-5-4-6-9-17/h4-6,8-9,13-14,18H,3,7,10-12,15-16H2,1-2H3/t18-/m1/s1. The number of hydrogen-bond acceptors (Lipinski definition) is 4. The number of benzene rings is 1. The molecule has 0 aliphatic carbocycles. The lowest BCUT2D eigenvalue weighted by Crippen LogP contribution is -2.44. The van der Waals surface area contributed by atoms with Crippen LogP contribution in [0.1, 0.15) is 31.7 Å². The highest BCUT2D eigenvalue weighted by Gasteiger charge is 2.28. The highest BCUT2D eigenvalue weighted by atomic mass is 16.2. The average molecular weight is 368 g/mol. The van der Waals surface area contributed by atoms with Crippen molar-refractivity contribution in [1.82, 2.24) is 14.7 Å². The summed E-state index contributed by atoms with van der Waals surface area (Å²) < 4.78 is 1.47. The molecular weight excluding hydrogens is 340 g/mol. The van der Waals surface area contributed by atoms with Crippen molar-refractivity contribution in [2.45, 2.75) is 32.7 Å². The molecule has 1 aliphatic heterocycles. The van der Waals surface area contributed by atoms with Crippen LogP contribution in [-0.4, -0.2) is 47.3 Å². The van der Waals surface area contributed by atoms with Crippen LogP contribution < -0.4 is 10.5 Å². The number of nitrogens with zero attached hydrogens (tertiary/aromatic N) is 4. The molecule has 0 unspecified atom stereocenters. The minimum Gasteiger partial charge on any atom is -0.369 e. The molecule has 144 valence electrons. The van der Waals surface area contributed by atoms with Gasteiger partial charge in [-0.1, -0.05) is 37.3 Å². The number of aromatic nitrogens is 2. The zero-order chi connectivity index (χ0) is 19.2. The molecule has 2 aromatic rings. The monoisotopic (exact) mass is 368 g/mol. The molecule has 6 nitrogen and oxygen atoms in total. The van der Waals surface area contributed by atoms with E-state index in [9.17, 15) is 9.59 Å². The van der Waals surface area contributed by atoms with Crippen molar-refractivity contribution in [3.05, 3.63) is 58.5 Å². The van der Waals surface area contributed by atoms with Gasteiger partial charge in [-0.2, -0.15) is 5.10 Å². The number of hydrogen-bond donors (Lipinski definition) is 0. The smallest absolute Gasteiger partial charge is 0.269 e. The average Bonchev–Trinajstić information content (AvgIpc) is 2.70. The van der Waals surface area contributed by atoms with Crippen molar-refractivity contribution in [2.75, 3.05) is 31.6 Å². The fraction of sp³-hybridized carbons (Fsp3) is 0.476. The number of carbonyl (C=O) groups excluding carboxylic acids is 1. The van der Waals surface area contributed by atoms with Crippen molar-refractivity contribution < 1.29 is 4.79 Å². The van der Waals surface area contributed by atoms with Crippen molar-refractivity contribution in [3.8, 4) is 0 Å². The van der Waals surface area contributed by atoms with Gasteiger partial charge in [-0.05, 0) is 24.8 Å². The number of rotatable bonds is 6. The van der Waals surface area contributed by atoms with Gasteiger partial charge < -0.3 is 9.80 Å². The largest absolute Gasteiger partial charge is 0.369 e. The molecule has 0 radical (unpaired) electrons. The quantitative estimate of drug-likeness (QED) is 0.785. The third-order valence-electron chi connectivity index (χ3n) is 5.10. The summed E-state index contributed by atoms with van der Waals surface area (Å²) in [4.78, 5) is 29.0. The summed E-state index contributed by atoms with van der Waals surface area (Å²) in [6, 6.07) is 11.5. The van der Waals surface area contributed by atoms with Crippen molar-refractivity contribution in [1.29, 1.82) is 0 Å². The van der Waals surface area contributed by atoms with E-state index < -0.39 is 0 Å². The van der Waals surface area contributed by atoms with E-state index in [0.29, 0.717) is 13.1 Å². The molecule has 0 bridgehead atoms. The predicted molar refractivity (Wildman–Crippen MR) is 107 cm³/mol. The molecule has 1 aliphatic rings. The Balaban J connectivity index is 1.70. The first-order chi connectivity index (χ1) is 13.1. The summed E-state index contributed by atoms with van der Waals surface area (Å²) in [7, 11) is 1.87. The van der Waals surface area contributed by atoms with Crippen molar-refractivity contribution >= 4 is 11.6 Å².